The Morgan fingerprint density at radius 1 is 1.39 bits per heavy atom. The molecule has 0 aliphatic heterocycles. The SMILES string of the molecule is Cc1ccsc1/C=N/NC(=O)Cn1cnc2ccccc2c1=O. The minimum Gasteiger partial charge on any atom is -0.289 e. The Labute approximate surface area is 136 Å². The van der Waals surface area contributed by atoms with Crippen molar-refractivity contribution >= 4 is 34.4 Å². The van der Waals surface area contributed by atoms with Crippen LogP contribution in [0.2, 0.25) is 0 Å². The molecule has 2 aromatic heterocycles. The fourth-order valence-corrected chi connectivity index (χ4v) is 2.87. The number of carbonyl (C=O) groups is 1. The van der Waals surface area contributed by atoms with Crippen LogP contribution in [0.3, 0.4) is 0 Å². The second-order valence-corrected chi connectivity index (χ2v) is 5.90. The summed E-state index contributed by atoms with van der Waals surface area (Å²) >= 11 is 1.54. The number of nitrogens with zero attached hydrogens (tertiary/aromatic N) is 3. The highest BCUT2D eigenvalue weighted by atomic mass is 32.1. The predicted molar refractivity (Wildman–Crippen MR) is 90.8 cm³/mol. The number of para-hydroxylation sites is 1. The first-order chi connectivity index (χ1) is 11.1. The van der Waals surface area contributed by atoms with Gasteiger partial charge in [-0.3, -0.25) is 14.2 Å². The lowest BCUT2D eigenvalue weighted by Crippen LogP contribution is -2.30. The summed E-state index contributed by atoms with van der Waals surface area (Å²) in [5.41, 5.74) is 3.89. The maximum atomic E-state index is 12.3. The summed E-state index contributed by atoms with van der Waals surface area (Å²) in [5.74, 6) is -0.380. The molecular formula is C16H14N4O2S. The average molecular weight is 326 g/mol. The zero-order chi connectivity index (χ0) is 16.2. The third-order valence-electron chi connectivity index (χ3n) is 3.32. The molecule has 0 radical (unpaired) electrons. The van der Waals surface area contributed by atoms with Gasteiger partial charge in [0.05, 0.1) is 23.4 Å². The Morgan fingerprint density at radius 2 is 2.22 bits per heavy atom. The Balaban J connectivity index is 1.71. The number of aryl methyl sites for hydroxylation is 1. The molecule has 3 aromatic rings. The van der Waals surface area contributed by atoms with Crippen LogP contribution in [0.5, 0.6) is 0 Å². The average Bonchev–Trinajstić information content (AvgIpc) is 2.96. The third kappa shape index (κ3) is 3.35. The topological polar surface area (TPSA) is 76.3 Å². The first kappa shape index (κ1) is 15.1. The predicted octanol–water partition coefficient (Wildman–Crippen LogP) is 1.92. The molecule has 116 valence electrons. The van der Waals surface area contributed by atoms with Crippen molar-refractivity contribution in [1.82, 2.24) is 15.0 Å². The van der Waals surface area contributed by atoms with E-state index in [4.69, 9.17) is 0 Å². The fraction of sp³-hybridized carbons (Fsp3) is 0.125. The van der Waals surface area contributed by atoms with E-state index in [2.05, 4.69) is 15.5 Å². The molecule has 0 saturated carbocycles. The third-order valence-corrected chi connectivity index (χ3v) is 4.27. The van der Waals surface area contributed by atoms with Gasteiger partial charge >= 0.3 is 0 Å². The molecule has 23 heavy (non-hydrogen) atoms. The summed E-state index contributed by atoms with van der Waals surface area (Å²) < 4.78 is 1.27. The Morgan fingerprint density at radius 3 is 3.00 bits per heavy atom. The van der Waals surface area contributed by atoms with Gasteiger partial charge in [-0.15, -0.1) is 11.3 Å². The summed E-state index contributed by atoms with van der Waals surface area (Å²) in [4.78, 5) is 29.3. The number of hydrogen-bond donors (Lipinski definition) is 1. The summed E-state index contributed by atoms with van der Waals surface area (Å²) in [5, 5.41) is 6.36. The smallest absolute Gasteiger partial charge is 0.261 e. The highest BCUT2D eigenvalue weighted by molar-refractivity contribution is 7.11. The van der Waals surface area contributed by atoms with Crippen LogP contribution in [0.4, 0.5) is 0 Å². The molecular weight excluding hydrogens is 312 g/mol. The van der Waals surface area contributed by atoms with Crippen LogP contribution in [0.1, 0.15) is 10.4 Å². The van der Waals surface area contributed by atoms with Crippen LogP contribution >= 0.6 is 11.3 Å². The van der Waals surface area contributed by atoms with Crippen LogP contribution in [-0.2, 0) is 11.3 Å². The monoisotopic (exact) mass is 326 g/mol. The number of thiophene rings is 1. The van der Waals surface area contributed by atoms with E-state index < -0.39 is 0 Å². The largest absolute Gasteiger partial charge is 0.289 e. The highest BCUT2D eigenvalue weighted by Gasteiger charge is 2.07. The van der Waals surface area contributed by atoms with E-state index in [1.807, 2.05) is 24.4 Å². The number of rotatable bonds is 4. The van der Waals surface area contributed by atoms with E-state index in [1.165, 1.54) is 10.9 Å². The maximum Gasteiger partial charge on any atom is 0.261 e. The molecule has 0 fully saturated rings. The lowest BCUT2D eigenvalue weighted by Gasteiger charge is -2.05. The number of aromatic nitrogens is 2. The summed E-state index contributed by atoms with van der Waals surface area (Å²) in [6.45, 7) is 1.84. The summed E-state index contributed by atoms with van der Waals surface area (Å²) in [6, 6.07) is 9.01. The number of hydrazone groups is 1. The van der Waals surface area contributed by atoms with Crippen molar-refractivity contribution < 1.29 is 4.79 Å². The number of benzene rings is 1. The molecule has 0 aliphatic rings. The van der Waals surface area contributed by atoms with Gasteiger partial charge in [0.2, 0.25) is 0 Å². The Hall–Kier alpha value is -2.80. The van der Waals surface area contributed by atoms with Crippen molar-refractivity contribution in [3.8, 4) is 0 Å². The second kappa shape index (κ2) is 6.53. The van der Waals surface area contributed by atoms with Crippen LogP contribution in [0.15, 0.2) is 51.9 Å². The first-order valence-corrected chi connectivity index (χ1v) is 7.83. The molecule has 1 N–H and O–H groups in total. The molecule has 7 heteroatoms. The molecule has 0 spiro atoms. The normalized spacial score (nSPS) is 11.2. The molecule has 1 aromatic carbocycles. The number of amides is 1. The van der Waals surface area contributed by atoms with E-state index in [-0.39, 0.29) is 18.0 Å². The molecule has 2 heterocycles. The van der Waals surface area contributed by atoms with Crippen LogP contribution < -0.4 is 11.0 Å². The van der Waals surface area contributed by atoms with Crippen molar-refractivity contribution in [2.75, 3.05) is 0 Å². The van der Waals surface area contributed by atoms with E-state index in [1.54, 1.807) is 35.8 Å². The van der Waals surface area contributed by atoms with E-state index in [0.29, 0.717) is 10.9 Å². The van der Waals surface area contributed by atoms with Gasteiger partial charge in [-0.25, -0.2) is 10.4 Å². The van der Waals surface area contributed by atoms with E-state index in [9.17, 15) is 9.59 Å². The van der Waals surface area contributed by atoms with Crippen molar-refractivity contribution in [3.05, 3.63) is 62.8 Å². The molecule has 6 nitrogen and oxygen atoms in total. The molecule has 0 unspecified atom stereocenters. The number of nitrogens with one attached hydrogen (secondary N) is 1. The van der Waals surface area contributed by atoms with Gasteiger partial charge in [0.15, 0.2) is 0 Å². The van der Waals surface area contributed by atoms with Crippen LogP contribution in [0, 0.1) is 6.92 Å². The zero-order valence-electron chi connectivity index (χ0n) is 12.4. The molecule has 0 saturated heterocycles. The Kier molecular flexibility index (Phi) is 4.29. The van der Waals surface area contributed by atoms with Gasteiger partial charge in [0, 0.05) is 4.88 Å². The lowest BCUT2D eigenvalue weighted by molar-refractivity contribution is -0.121. The zero-order valence-corrected chi connectivity index (χ0v) is 13.2. The maximum absolute atomic E-state index is 12.3. The van der Waals surface area contributed by atoms with Crippen molar-refractivity contribution in [1.29, 1.82) is 0 Å². The standard InChI is InChI=1S/C16H14N4O2S/c1-11-6-7-23-14(11)8-18-19-15(21)9-20-10-17-13-5-3-2-4-12(13)16(20)22/h2-8,10H,9H2,1H3,(H,19,21)/b18-8+. The number of fused-ring (bicyclic) bond motifs is 1. The molecule has 0 aliphatic carbocycles. The quantitative estimate of drug-likeness (QED) is 0.588. The van der Waals surface area contributed by atoms with Gasteiger partial charge in [0.1, 0.15) is 6.54 Å². The molecule has 0 bridgehead atoms. The Bertz CT molecular complexity index is 942. The molecule has 1 amide bonds. The molecule has 0 atom stereocenters. The second-order valence-electron chi connectivity index (χ2n) is 4.96. The summed E-state index contributed by atoms with van der Waals surface area (Å²) in [7, 11) is 0. The van der Waals surface area contributed by atoms with Gasteiger partial charge < -0.3 is 0 Å². The van der Waals surface area contributed by atoms with E-state index >= 15 is 0 Å². The van der Waals surface area contributed by atoms with Gasteiger partial charge in [-0.2, -0.15) is 5.10 Å². The van der Waals surface area contributed by atoms with Gasteiger partial charge in [0.25, 0.3) is 11.5 Å². The van der Waals surface area contributed by atoms with Crippen LogP contribution in [0.25, 0.3) is 10.9 Å². The number of hydrogen-bond acceptors (Lipinski definition) is 5. The van der Waals surface area contributed by atoms with Crippen molar-refractivity contribution in [3.63, 3.8) is 0 Å². The van der Waals surface area contributed by atoms with Crippen LogP contribution in [-0.4, -0.2) is 21.7 Å². The van der Waals surface area contributed by atoms with E-state index in [0.717, 1.165) is 10.4 Å². The highest BCUT2D eigenvalue weighted by Crippen LogP contribution is 2.12. The molecule has 3 rings (SSSR count). The number of carbonyl (C=O) groups excluding carboxylic acids is 1. The minimum absolute atomic E-state index is 0.128. The minimum atomic E-state index is -0.380. The summed E-state index contributed by atoms with van der Waals surface area (Å²) in [6.07, 6.45) is 2.97. The van der Waals surface area contributed by atoms with Gasteiger partial charge in [-0.1, -0.05) is 12.1 Å². The van der Waals surface area contributed by atoms with Crippen molar-refractivity contribution in [2.24, 2.45) is 5.10 Å². The van der Waals surface area contributed by atoms with Gasteiger partial charge in [-0.05, 0) is 36.1 Å². The first-order valence-electron chi connectivity index (χ1n) is 6.95. The fourth-order valence-electron chi connectivity index (χ4n) is 2.09. The lowest BCUT2D eigenvalue weighted by atomic mass is 10.2. The van der Waals surface area contributed by atoms with Crippen molar-refractivity contribution in [2.45, 2.75) is 13.5 Å².